The van der Waals surface area contributed by atoms with Crippen LogP contribution in [-0.2, 0) is 23.7 Å². The number of rotatable bonds is 11. The molecule has 0 aliphatic heterocycles. The third-order valence-electron chi connectivity index (χ3n) is 2.77. The topological polar surface area (TPSA) is 46.2 Å². The van der Waals surface area contributed by atoms with Gasteiger partial charge in [0.05, 0.1) is 51.1 Å². The van der Waals surface area contributed by atoms with Crippen LogP contribution in [-0.4, -0.2) is 71.4 Å². The van der Waals surface area contributed by atoms with E-state index in [1.54, 1.807) is 14.2 Å². The molecule has 1 aliphatic rings. The van der Waals surface area contributed by atoms with Crippen LogP contribution in [0.15, 0.2) is 0 Å². The first-order valence-electron chi connectivity index (χ1n) is 6.22. The standard InChI is InChI=1S/C12H23ClO5/c1-14-3-5-16-6-8-17-11-9-10(13)12(11)18-7-4-15-2/h10-12H,3-9H2,1-2H3. The van der Waals surface area contributed by atoms with E-state index < -0.39 is 0 Å². The quantitative estimate of drug-likeness (QED) is 0.419. The van der Waals surface area contributed by atoms with E-state index in [1.165, 1.54) is 0 Å². The second-order valence-electron chi connectivity index (χ2n) is 4.09. The molecule has 0 aromatic heterocycles. The van der Waals surface area contributed by atoms with Crippen molar-refractivity contribution in [3.63, 3.8) is 0 Å². The second-order valence-corrected chi connectivity index (χ2v) is 4.65. The maximum atomic E-state index is 6.08. The number of alkyl halides is 1. The molecule has 0 aromatic rings. The van der Waals surface area contributed by atoms with Crippen molar-refractivity contribution in [2.45, 2.75) is 24.0 Å². The monoisotopic (exact) mass is 282 g/mol. The third kappa shape index (κ3) is 5.82. The fraction of sp³-hybridized carbons (Fsp3) is 1.00. The minimum atomic E-state index is -0.0270. The van der Waals surface area contributed by atoms with Crippen LogP contribution in [0.2, 0.25) is 0 Å². The zero-order valence-corrected chi connectivity index (χ0v) is 11.9. The zero-order valence-electron chi connectivity index (χ0n) is 11.1. The lowest BCUT2D eigenvalue weighted by Gasteiger charge is -2.40. The summed E-state index contributed by atoms with van der Waals surface area (Å²) >= 11 is 6.08. The van der Waals surface area contributed by atoms with Gasteiger partial charge >= 0.3 is 0 Å². The smallest absolute Gasteiger partial charge is 0.100 e. The molecular formula is C12H23ClO5. The Labute approximate surface area is 114 Å². The van der Waals surface area contributed by atoms with Gasteiger partial charge in [0.15, 0.2) is 0 Å². The van der Waals surface area contributed by atoms with Crippen LogP contribution < -0.4 is 0 Å². The highest BCUT2D eigenvalue weighted by Crippen LogP contribution is 2.31. The van der Waals surface area contributed by atoms with Gasteiger partial charge in [0.2, 0.25) is 0 Å². The van der Waals surface area contributed by atoms with Gasteiger partial charge in [-0.15, -0.1) is 11.6 Å². The van der Waals surface area contributed by atoms with Crippen LogP contribution in [0.25, 0.3) is 0 Å². The van der Waals surface area contributed by atoms with E-state index in [0.717, 1.165) is 6.42 Å². The first kappa shape index (κ1) is 16.1. The van der Waals surface area contributed by atoms with E-state index in [9.17, 15) is 0 Å². The second kappa shape index (κ2) is 9.95. The fourth-order valence-corrected chi connectivity index (χ4v) is 2.08. The summed E-state index contributed by atoms with van der Waals surface area (Å²) in [5.41, 5.74) is 0. The maximum absolute atomic E-state index is 6.08. The molecule has 5 nitrogen and oxygen atoms in total. The first-order valence-corrected chi connectivity index (χ1v) is 6.66. The minimum Gasteiger partial charge on any atom is -0.382 e. The van der Waals surface area contributed by atoms with Gasteiger partial charge in [-0.3, -0.25) is 0 Å². The molecule has 0 N–H and O–H groups in total. The zero-order chi connectivity index (χ0) is 13.2. The van der Waals surface area contributed by atoms with Gasteiger partial charge in [0.25, 0.3) is 0 Å². The molecule has 0 spiro atoms. The molecule has 6 heteroatoms. The molecule has 108 valence electrons. The Balaban J connectivity index is 2.00. The Kier molecular flexibility index (Phi) is 8.92. The summed E-state index contributed by atoms with van der Waals surface area (Å²) < 4.78 is 26.4. The lowest BCUT2D eigenvalue weighted by atomic mass is 9.91. The van der Waals surface area contributed by atoms with Crippen molar-refractivity contribution in [1.29, 1.82) is 0 Å². The maximum Gasteiger partial charge on any atom is 0.100 e. The van der Waals surface area contributed by atoms with Crippen LogP contribution in [0, 0.1) is 0 Å². The van der Waals surface area contributed by atoms with Gasteiger partial charge in [-0.25, -0.2) is 0 Å². The average Bonchev–Trinajstić information content (AvgIpc) is 2.37. The van der Waals surface area contributed by atoms with Crippen LogP contribution in [0.3, 0.4) is 0 Å². The number of ether oxygens (including phenoxy) is 5. The molecule has 0 radical (unpaired) electrons. The highest BCUT2D eigenvalue weighted by molar-refractivity contribution is 6.21. The molecule has 3 atom stereocenters. The molecule has 18 heavy (non-hydrogen) atoms. The van der Waals surface area contributed by atoms with Crippen molar-refractivity contribution in [3.8, 4) is 0 Å². The normalized spacial score (nSPS) is 27.2. The highest BCUT2D eigenvalue weighted by Gasteiger charge is 2.41. The van der Waals surface area contributed by atoms with Crippen LogP contribution in [0.4, 0.5) is 0 Å². The predicted octanol–water partition coefficient (Wildman–Crippen LogP) is 1.08. The van der Waals surface area contributed by atoms with Crippen molar-refractivity contribution in [3.05, 3.63) is 0 Å². The Morgan fingerprint density at radius 3 is 2.17 bits per heavy atom. The van der Waals surface area contributed by atoms with Gasteiger partial charge in [-0.2, -0.15) is 0 Å². The third-order valence-corrected chi connectivity index (χ3v) is 3.20. The summed E-state index contributed by atoms with van der Waals surface area (Å²) in [6.45, 7) is 3.45. The summed E-state index contributed by atoms with van der Waals surface area (Å²) in [5.74, 6) is 0. The van der Waals surface area contributed by atoms with Crippen molar-refractivity contribution >= 4 is 11.6 Å². The van der Waals surface area contributed by atoms with Gasteiger partial charge in [0, 0.05) is 14.2 Å². The number of hydrogen-bond donors (Lipinski definition) is 0. The van der Waals surface area contributed by atoms with Gasteiger partial charge in [0.1, 0.15) is 6.10 Å². The van der Waals surface area contributed by atoms with Crippen molar-refractivity contribution < 1.29 is 23.7 Å². The average molecular weight is 283 g/mol. The molecular weight excluding hydrogens is 260 g/mol. The fourth-order valence-electron chi connectivity index (χ4n) is 1.67. The van der Waals surface area contributed by atoms with E-state index in [-0.39, 0.29) is 17.6 Å². The SMILES string of the molecule is COCCOCCOC1CC(Cl)C1OCCOC. The number of hydrogen-bond acceptors (Lipinski definition) is 5. The Bertz CT molecular complexity index is 205. The first-order chi connectivity index (χ1) is 8.79. The molecule has 0 amide bonds. The predicted molar refractivity (Wildman–Crippen MR) is 68.3 cm³/mol. The lowest BCUT2D eigenvalue weighted by Crippen LogP contribution is -2.51. The summed E-state index contributed by atoms with van der Waals surface area (Å²) in [4.78, 5) is 0. The summed E-state index contributed by atoms with van der Waals surface area (Å²) in [7, 11) is 3.30. The lowest BCUT2D eigenvalue weighted by molar-refractivity contribution is -0.137. The van der Waals surface area contributed by atoms with Crippen molar-refractivity contribution in [2.24, 2.45) is 0 Å². The Morgan fingerprint density at radius 2 is 1.50 bits per heavy atom. The van der Waals surface area contributed by atoms with Crippen molar-refractivity contribution in [2.75, 3.05) is 53.9 Å². The number of methoxy groups -OCH3 is 2. The van der Waals surface area contributed by atoms with E-state index in [1.807, 2.05) is 0 Å². The molecule has 0 heterocycles. The molecule has 0 aromatic carbocycles. The van der Waals surface area contributed by atoms with E-state index >= 15 is 0 Å². The van der Waals surface area contributed by atoms with Gasteiger partial charge in [-0.1, -0.05) is 0 Å². The molecule has 1 aliphatic carbocycles. The molecule has 1 rings (SSSR count). The Morgan fingerprint density at radius 1 is 0.889 bits per heavy atom. The number of halogens is 1. The van der Waals surface area contributed by atoms with Crippen molar-refractivity contribution in [1.82, 2.24) is 0 Å². The van der Waals surface area contributed by atoms with E-state index in [4.69, 9.17) is 35.3 Å². The summed E-state index contributed by atoms with van der Waals surface area (Å²) in [6, 6.07) is 0. The van der Waals surface area contributed by atoms with E-state index in [2.05, 4.69) is 0 Å². The molecule has 0 saturated heterocycles. The van der Waals surface area contributed by atoms with E-state index in [0.29, 0.717) is 39.6 Å². The highest BCUT2D eigenvalue weighted by atomic mass is 35.5. The molecule has 1 saturated carbocycles. The molecule has 1 fully saturated rings. The molecule has 0 bridgehead atoms. The van der Waals surface area contributed by atoms with Crippen LogP contribution in [0.5, 0.6) is 0 Å². The van der Waals surface area contributed by atoms with Crippen LogP contribution >= 0.6 is 11.6 Å². The summed E-state index contributed by atoms with van der Waals surface area (Å²) in [6.07, 6.45) is 0.883. The minimum absolute atomic E-state index is 0.0270. The largest absolute Gasteiger partial charge is 0.382 e. The van der Waals surface area contributed by atoms with Gasteiger partial charge in [-0.05, 0) is 6.42 Å². The van der Waals surface area contributed by atoms with Crippen LogP contribution in [0.1, 0.15) is 6.42 Å². The molecule has 3 unspecified atom stereocenters. The van der Waals surface area contributed by atoms with Gasteiger partial charge < -0.3 is 23.7 Å². The Hall–Kier alpha value is 0.0900. The summed E-state index contributed by atoms with van der Waals surface area (Å²) in [5, 5.41) is 0.0428.